The lowest BCUT2D eigenvalue weighted by atomic mass is 9.64. The molecule has 1 aromatic rings. The highest BCUT2D eigenvalue weighted by molar-refractivity contribution is 6.32. The molecular weight excluding hydrogens is 236 g/mol. The topological polar surface area (TPSA) is 56.0 Å². The minimum absolute atomic E-state index is 0.170. The van der Waals surface area contributed by atoms with Gasteiger partial charge in [0.1, 0.15) is 6.07 Å². The third-order valence-electron chi connectivity index (χ3n) is 3.67. The number of aliphatic hydroxyl groups excluding tert-OH is 1. The molecule has 2 rings (SSSR count). The second kappa shape index (κ2) is 4.21. The third-order valence-corrected chi connectivity index (χ3v) is 3.99. The van der Waals surface area contributed by atoms with Gasteiger partial charge in [0.2, 0.25) is 0 Å². The van der Waals surface area contributed by atoms with E-state index in [1.807, 2.05) is 26.0 Å². The van der Waals surface area contributed by atoms with Crippen molar-refractivity contribution in [1.29, 1.82) is 5.26 Å². The van der Waals surface area contributed by atoms with Crippen molar-refractivity contribution in [2.24, 2.45) is 5.41 Å². The maximum atomic E-state index is 9.67. The fourth-order valence-electron chi connectivity index (χ4n) is 2.09. The maximum Gasteiger partial charge on any atom is 0.103 e. The van der Waals surface area contributed by atoms with E-state index in [4.69, 9.17) is 16.9 Å². The Kier molecular flexibility index (Phi) is 3.03. The van der Waals surface area contributed by atoms with Gasteiger partial charge in [0, 0.05) is 11.5 Å². The van der Waals surface area contributed by atoms with Gasteiger partial charge in [-0.3, -0.25) is 0 Å². The van der Waals surface area contributed by atoms with E-state index in [0.717, 1.165) is 5.69 Å². The fourth-order valence-corrected chi connectivity index (χ4v) is 2.31. The standard InChI is InChI=1S/C13H15ClN2O/c1-13(2)11(6-12(13)17)16-10-5-3-4-9(14)8(10)7-15/h3-5,11-12,16-17H,6H2,1-2H3. The van der Waals surface area contributed by atoms with Gasteiger partial charge in [-0.15, -0.1) is 0 Å². The summed E-state index contributed by atoms with van der Waals surface area (Å²) in [5.74, 6) is 0. The van der Waals surface area contributed by atoms with Crippen LogP contribution in [-0.4, -0.2) is 17.3 Å². The zero-order valence-corrected chi connectivity index (χ0v) is 10.6. The van der Waals surface area contributed by atoms with Crippen molar-refractivity contribution in [1.82, 2.24) is 0 Å². The van der Waals surface area contributed by atoms with E-state index in [1.165, 1.54) is 0 Å². The van der Waals surface area contributed by atoms with Gasteiger partial charge in [-0.05, 0) is 18.6 Å². The molecule has 3 nitrogen and oxygen atoms in total. The third kappa shape index (κ3) is 1.99. The average molecular weight is 251 g/mol. The molecule has 1 aliphatic carbocycles. The fraction of sp³-hybridized carbons (Fsp3) is 0.462. The number of anilines is 1. The highest BCUT2D eigenvalue weighted by atomic mass is 35.5. The van der Waals surface area contributed by atoms with Crippen LogP contribution >= 0.6 is 11.6 Å². The molecule has 4 heteroatoms. The minimum atomic E-state index is -0.287. The Bertz CT molecular complexity index is 479. The monoisotopic (exact) mass is 250 g/mol. The number of nitriles is 1. The van der Waals surface area contributed by atoms with Crippen molar-refractivity contribution in [3.05, 3.63) is 28.8 Å². The van der Waals surface area contributed by atoms with E-state index < -0.39 is 0 Å². The van der Waals surface area contributed by atoms with Crippen molar-refractivity contribution < 1.29 is 5.11 Å². The summed E-state index contributed by atoms with van der Waals surface area (Å²) in [6.07, 6.45) is 0.411. The Hall–Kier alpha value is -1.24. The molecule has 2 atom stereocenters. The second-order valence-corrected chi connectivity index (χ2v) is 5.45. The van der Waals surface area contributed by atoms with Crippen molar-refractivity contribution >= 4 is 17.3 Å². The minimum Gasteiger partial charge on any atom is -0.392 e. The number of aliphatic hydroxyl groups is 1. The number of hydrogen-bond donors (Lipinski definition) is 2. The summed E-state index contributed by atoms with van der Waals surface area (Å²) in [5, 5.41) is 22.5. The lowest BCUT2D eigenvalue weighted by molar-refractivity contribution is -0.0510. The van der Waals surface area contributed by atoms with Crippen LogP contribution < -0.4 is 5.32 Å². The molecule has 1 saturated carbocycles. The van der Waals surface area contributed by atoms with Crippen LogP contribution in [0.15, 0.2) is 18.2 Å². The Balaban J connectivity index is 2.21. The molecule has 17 heavy (non-hydrogen) atoms. The lowest BCUT2D eigenvalue weighted by Gasteiger charge is -2.50. The number of hydrogen-bond acceptors (Lipinski definition) is 3. The van der Waals surface area contributed by atoms with Crippen molar-refractivity contribution in [2.75, 3.05) is 5.32 Å². The highest BCUT2D eigenvalue weighted by Gasteiger charge is 2.47. The van der Waals surface area contributed by atoms with E-state index in [2.05, 4.69) is 11.4 Å². The van der Waals surface area contributed by atoms with Gasteiger partial charge < -0.3 is 10.4 Å². The molecule has 0 radical (unpaired) electrons. The summed E-state index contributed by atoms with van der Waals surface area (Å²) in [6.45, 7) is 4.02. The van der Waals surface area contributed by atoms with Gasteiger partial charge in [0.25, 0.3) is 0 Å². The summed E-state index contributed by atoms with van der Waals surface area (Å²) < 4.78 is 0. The molecule has 0 bridgehead atoms. The van der Waals surface area contributed by atoms with E-state index >= 15 is 0 Å². The highest BCUT2D eigenvalue weighted by Crippen LogP contribution is 2.42. The Morgan fingerprint density at radius 2 is 2.24 bits per heavy atom. The zero-order chi connectivity index (χ0) is 12.6. The molecule has 0 aromatic heterocycles. The van der Waals surface area contributed by atoms with Crippen LogP contribution in [0.1, 0.15) is 25.8 Å². The number of rotatable bonds is 2. The average Bonchev–Trinajstić information content (AvgIpc) is 2.29. The number of benzene rings is 1. The molecule has 0 spiro atoms. The molecule has 0 saturated heterocycles. The SMILES string of the molecule is CC1(C)C(O)CC1Nc1cccc(Cl)c1C#N. The summed E-state index contributed by atoms with van der Waals surface area (Å²) in [6, 6.07) is 7.62. The van der Waals surface area contributed by atoms with Crippen LogP contribution in [0.4, 0.5) is 5.69 Å². The molecule has 2 unspecified atom stereocenters. The molecule has 1 aliphatic rings. The van der Waals surface area contributed by atoms with Crippen molar-refractivity contribution in [3.8, 4) is 6.07 Å². The maximum absolute atomic E-state index is 9.67. The quantitative estimate of drug-likeness (QED) is 0.849. The number of halogens is 1. The van der Waals surface area contributed by atoms with E-state index in [0.29, 0.717) is 17.0 Å². The summed E-state index contributed by atoms with van der Waals surface area (Å²) in [5.41, 5.74) is 1.03. The Labute approximate surface area is 106 Å². The molecule has 0 aliphatic heterocycles. The predicted molar refractivity (Wildman–Crippen MR) is 68.0 cm³/mol. The molecular formula is C13H15ClN2O. The van der Waals surface area contributed by atoms with Crippen LogP contribution in [0.5, 0.6) is 0 Å². The number of nitrogens with one attached hydrogen (secondary N) is 1. The molecule has 1 aromatic carbocycles. The van der Waals surface area contributed by atoms with Gasteiger partial charge in [0.15, 0.2) is 0 Å². The summed E-state index contributed by atoms with van der Waals surface area (Å²) in [7, 11) is 0. The first kappa shape index (κ1) is 12.2. The molecule has 2 N–H and O–H groups in total. The van der Waals surface area contributed by atoms with Gasteiger partial charge in [-0.1, -0.05) is 31.5 Å². The first-order valence-corrected chi connectivity index (χ1v) is 5.98. The smallest absolute Gasteiger partial charge is 0.103 e. The van der Waals surface area contributed by atoms with Gasteiger partial charge in [-0.2, -0.15) is 5.26 Å². The van der Waals surface area contributed by atoms with Crippen LogP contribution in [0.25, 0.3) is 0 Å². The van der Waals surface area contributed by atoms with Crippen LogP contribution in [0, 0.1) is 16.7 Å². The van der Waals surface area contributed by atoms with E-state index in [9.17, 15) is 5.11 Å². The molecule has 1 fully saturated rings. The lowest BCUT2D eigenvalue weighted by Crippen LogP contribution is -2.56. The zero-order valence-electron chi connectivity index (χ0n) is 9.87. The van der Waals surface area contributed by atoms with Crippen molar-refractivity contribution in [3.63, 3.8) is 0 Å². The number of nitrogens with zero attached hydrogens (tertiary/aromatic N) is 1. The van der Waals surface area contributed by atoms with Crippen LogP contribution in [0.2, 0.25) is 5.02 Å². The summed E-state index contributed by atoms with van der Waals surface area (Å²) in [4.78, 5) is 0. The van der Waals surface area contributed by atoms with E-state index in [-0.39, 0.29) is 17.6 Å². The second-order valence-electron chi connectivity index (χ2n) is 5.04. The Morgan fingerprint density at radius 1 is 1.53 bits per heavy atom. The Morgan fingerprint density at radius 3 is 2.76 bits per heavy atom. The first-order chi connectivity index (χ1) is 7.96. The predicted octanol–water partition coefficient (Wildman–Crippen LogP) is 2.78. The summed E-state index contributed by atoms with van der Waals surface area (Å²) >= 11 is 5.96. The van der Waals surface area contributed by atoms with E-state index in [1.54, 1.807) is 6.07 Å². The van der Waals surface area contributed by atoms with Gasteiger partial charge >= 0.3 is 0 Å². The normalized spacial score (nSPS) is 25.8. The van der Waals surface area contributed by atoms with Gasteiger partial charge in [0.05, 0.1) is 22.4 Å². The van der Waals surface area contributed by atoms with Crippen LogP contribution in [-0.2, 0) is 0 Å². The first-order valence-electron chi connectivity index (χ1n) is 5.60. The van der Waals surface area contributed by atoms with Crippen molar-refractivity contribution in [2.45, 2.75) is 32.4 Å². The van der Waals surface area contributed by atoms with Crippen LogP contribution in [0.3, 0.4) is 0 Å². The largest absolute Gasteiger partial charge is 0.392 e. The molecule has 0 amide bonds. The molecule has 90 valence electrons. The van der Waals surface area contributed by atoms with Gasteiger partial charge in [-0.25, -0.2) is 0 Å². The molecule has 0 heterocycles.